The first-order chi connectivity index (χ1) is 17.0. The average molecular weight is 469 g/mol. The van der Waals surface area contributed by atoms with Crippen LogP contribution >= 0.6 is 0 Å². The average Bonchev–Trinajstić information content (AvgIpc) is 3.39. The van der Waals surface area contributed by atoms with E-state index in [1.54, 1.807) is 78.7 Å². The minimum absolute atomic E-state index is 0.116. The van der Waals surface area contributed by atoms with Crippen LogP contribution in [0, 0.1) is 6.92 Å². The quantitative estimate of drug-likeness (QED) is 0.369. The van der Waals surface area contributed by atoms with E-state index in [0.717, 1.165) is 0 Å². The van der Waals surface area contributed by atoms with Gasteiger partial charge < -0.3 is 19.2 Å². The Bertz CT molecular complexity index is 1580. The number of ether oxygens (including phenoxy) is 2. The molecule has 10 nitrogen and oxygen atoms in total. The lowest BCUT2D eigenvalue weighted by Gasteiger charge is -2.10. The molecule has 0 aliphatic heterocycles. The van der Waals surface area contributed by atoms with Gasteiger partial charge >= 0.3 is 5.63 Å². The van der Waals surface area contributed by atoms with Crippen molar-refractivity contribution in [3.8, 4) is 23.2 Å². The van der Waals surface area contributed by atoms with E-state index in [1.807, 2.05) is 0 Å². The van der Waals surface area contributed by atoms with Gasteiger partial charge in [-0.15, -0.1) is 0 Å². The summed E-state index contributed by atoms with van der Waals surface area (Å²) >= 11 is 0. The maximum absolute atomic E-state index is 12.7. The number of carbonyl (C=O) groups is 1. The van der Waals surface area contributed by atoms with Crippen LogP contribution in [-0.2, 0) is 0 Å². The predicted molar refractivity (Wildman–Crippen MR) is 127 cm³/mol. The molecule has 1 N–H and O–H groups in total. The number of fused-ring (bicyclic) bond motifs is 1. The third-order valence-corrected chi connectivity index (χ3v) is 5.09. The van der Waals surface area contributed by atoms with Crippen molar-refractivity contribution in [3.05, 3.63) is 95.1 Å². The Hall–Kier alpha value is -4.99. The Labute approximate surface area is 198 Å². The van der Waals surface area contributed by atoms with Crippen LogP contribution in [0.25, 0.3) is 16.8 Å². The number of aryl methyl sites for hydroxylation is 1. The van der Waals surface area contributed by atoms with E-state index < -0.39 is 11.5 Å². The number of carbonyl (C=O) groups excluding carboxylic acids is 1. The topological polar surface area (TPSA) is 121 Å². The summed E-state index contributed by atoms with van der Waals surface area (Å²) in [6, 6.07) is 15.0. The fourth-order valence-corrected chi connectivity index (χ4v) is 3.47. The summed E-state index contributed by atoms with van der Waals surface area (Å²) in [5.74, 6) is 1.87. The fourth-order valence-electron chi connectivity index (χ4n) is 3.47. The number of methoxy groups -OCH3 is 1. The van der Waals surface area contributed by atoms with Gasteiger partial charge in [0.25, 0.3) is 5.91 Å². The zero-order valence-corrected chi connectivity index (χ0v) is 18.8. The van der Waals surface area contributed by atoms with Gasteiger partial charge in [-0.05, 0) is 43.3 Å². The molecule has 174 valence electrons. The van der Waals surface area contributed by atoms with Crippen molar-refractivity contribution in [1.29, 1.82) is 0 Å². The summed E-state index contributed by atoms with van der Waals surface area (Å²) in [6.07, 6.45) is 5.06. The highest BCUT2D eigenvalue weighted by Gasteiger charge is 2.16. The first-order valence-electron chi connectivity index (χ1n) is 10.5. The van der Waals surface area contributed by atoms with E-state index in [4.69, 9.17) is 13.9 Å². The molecule has 0 saturated carbocycles. The van der Waals surface area contributed by atoms with E-state index in [9.17, 15) is 9.59 Å². The van der Waals surface area contributed by atoms with Crippen LogP contribution in [-0.4, -0.2) is 32.5 Å². The highest BCUT2D eigenvalue weighted by atomic mass is 16.5. The number of para-hydroxylation sites is 1. The molecule has 0 atom stereocenters. The second-order valence-electron chi connectivity index (χ2n) is 7.49. The lowest BCUT2D eigenvalue weighted by Crippen LogP contribution is -2.20. The van der Waals surface area contributed by atoms with Gasteiger partial charge in [0.05, 0.1) is 7.11 Å². The van der Waals surface area contributed by atoms with Crippen molar-refractivity contribution in [2.75, 3.05) is 12.4 Å². The molecular weight excluding hydrogens is 450 g/mol. The monoisotopic (exact) mass is 469 g/mol. The van der Waals surface area contributed by atoms with Gasteiger partial charge in [-0.25, -0.2) is 14.8 Å². The number of benzene rings is 2. The minimum atomic E-state index is -0.757. The Morgan fingerprint density at radius 3 is 2.66 bits per heavy atom. The van der Waals surface area contributed by atoms with Gasteiger partial charge in [-0.2, -0.15) is 4.98 Å². The number of nitrogens with zero attached hydrogens (tertiary/aromatic N) is 4. The van der Waals surface area contributed by atoms with Crippen LogP contribution < -0.4 is 20.4 Å². The molecule has 2 aromatic carbocycles. The molecule has 0 unspecified atom stereocenters. The molecule has 3 heterocycles. The SMILES string of the molecule is COc1cccc2cc(C(=O)Nc3ccc(Oc4cc(-n5ccnc5)nc(C)n4)cc3)c(=O)oc12. The highest BCUT2D eigenvalue weighted by Crippen LogP contribution is 2.26. The third kappa shape index (κ3) is 4.58. The van der Waals surface area contributed by atoms with Gasteiger partial charge in [-0.3, -0.25) is 9.36 Å². The van der Waals surface area contributed by atoms with Gasteiger partial charge in [0, 0.05) is 29.5 Å². The molecule has 0 bridgehead atoms. The van der Waals surface area contributed by atoms with Crippen molar-refractivity contribution in [3.63, 3.8) is 0 Å². The number of hydrogen-bond donors (Lipinski definition) is 1. The molecular formula is C25H19N5O5. The molecule has 0 saturated heterocycles. The number of nitrogens with one attached hydrogen (secondary N) is 1. The summed E-state index contributed by atoms with van der Waals surface area (Å²) in [6.45, 7) is 1.77. The largest absolute Gasteiger partial charge is 0.493 e. The van der Waals surface area contributed by atoms with Crippen LogP contribution in [0.4, 0.5) is 5.69 Å². The first-order valence-corrected chi connectivity index (χ1v) is 10.5. The summed E-state index contributed by atoms with van der Waals surface area (Å²) in [7, 11) is 1.48. The summed E-state index contributed by atoms with van der Waals surface area (Å²) in [4.78, 5) is 37.8. The molecule has 0 aliphatic carbocycles. The van der Waals surface area contributed by atoms with Gasteiger partial charge in [0.1, 0.15) is 29.3 Å². The minimum Gasteiger partial charge on any atom is -0.493 e. The van der Waals surface area contributed by atoms with Crippen molar-refractivity contribution in [1.82, 2.24) is 19.5 Å². The van der Waals surface area contributed by atoms with E-state index in [0.29, 0.717) is 40.1 Å². The molecule has 1 amide bonds. The Morgan fingerprint density at radius 2 is 1.91 bits per heavy atom. The van der Waals surface area contributed by atoms with E-state index in [2.05, 4.69) is 20.3 Å². The van der Waals surface area contributed by atoms with Crippen LogP contribution in [0.2, 0.25) is 0 Å². The molecule has 35 heavy (non-hydrogen) atoms. The normalized spacial score (nSPS) is 10.8. The van der Waals surface area contributed by atoms with Crippen molar-refractivity contribution >= 4 is 22.6 Å². The molecule has 0 radical (unpaired) electrons. The number of anilines is 1. The van der Waals surface area contributed by atoms with Crippen LogP contribution in [0.3, 0.4) is 0 Å². The van der Waals surface area contributed by atoms with Gasteiger partial charge in [0.15, 0.2) is 11.3 Å². The van der Waals surface area contributed by atoms with E-state index >= 15 is 0 Å². The lowest BCUT2D eigenvalue weighted by molar-refractivity contribution is 0.102. The molecule has 0 spiro atoms. The summed E-state index contributed by atoms with van der Waals surface area (Å²) in [5, 5.41) is 3.28. The molecule has 3 aromatic heterocycles. The number of hydrogen-bond acceptors (Lipinski definition) is 8. The maximum atomic E-state index is 12.7. The van der Waals surface area contributed by atoms with Gasteiger partial charge in [0.2, 0.25) is 5.88 Å². The molecule has 10 heteroatoms. The third-order valence-electron chi connectivity index (χ3n) is 5.09. The highest BCUT2D eigenvalue weighted by molar-refractivity contribution is 6.05. The number of aromatic nitrogens is 4. The van der Waals surface area contributed by atoms with Crippen molar-refractivity contribution < 1.29 is 18.7 Å². The summed E-state index contributed by atoms with van der Waals surface area (Å²) in [5.41, 5.74) is -0.110. The van der Waals surface area contributed by atoms with Crippen molar-refractivity contribution in [2.24, 2.45) is 0 Å². The summed E-state index contributed by atoms with van der Waals surface area (Å²) < 4.78 is 18.1. The zero-order chi connectivity index (χ0) is 24.4. The van der Waals surface area contributed by atoms with Crippen LogP contribution in [0.15, 0.2) is 82.5 Å². The number of rotatable bonds is 6. The maximum Gasteiger partial charge on any atom is 0.349 e. The van der Waals surface area contributed by atoms with Crippen LogP contribution in [0.5, 0.6) is 17.4 Å². The molecule has 0 fully saturated rings. The molecule has 0 aliphatic rings. The first kappa shape index (κ1) is 21.8. The Balaban J connectivity index is 1.32. The van der Waals surface area contributed by atoms with Crippen molar-refractivity contribution in [2.45, 2.75) is 6.92 Å². The van der Waals surface area contributed by atoms with Gasteiger partial charge in [-0.1, -0.05) is 12.1 Å². The smallest absolute Gasteiger partial charge is 0.349 e. The van der Waals surface area contributed by atoms with Crippen LogP contribution in [0.1, 0.15) is 16.2 Å². The van der Waals surface area contributed by atoms with E-state index in [-0.39, 0.29) is 11.1 Å². The lowest BCUT2D eigenvalue weighted by atomic mass is 10.1. The Morgan fingerprint density at radius 1 is 1.09 bits per heavy atom. The Kier molecular flexibility index (Phi) is 5.68. The fraction of sp³-hybridized carbons (Fsp3) is 0.0800. The van der Waals surface area contributed by atoms with E-state index in [1.165, 1.54) is 13.2 Å². The number of imidazole rings is 1. The zero-order valence-electron chi connectivity index (χ0n) is 18.8. The predicted octanol–water partition coefficient (Wildman–Crippen LogP) is 4.13. The second kappa shape index (κ2) is 9.10. The molecule has 5 aromatic rings. The second-order valence-corrected chi connectivity index (χ2v) is 7.49. The standard InChI is InChI=1S/C25H19N5O5/c1-15-27-21(30-11-10-26-14-30)13-22(28-15)34-18-8-6-17(7-9-18)29-24(31)19-12-16-4-3-5-20(33-2)23(16)35-25(19)32/h3-14H,1-2H3,(H,29,31). The molecule has 5 rings (SSSR count). The number of amides is 1.